The number of anilines is 1. The number of aryl methyl sites for hydroxylation is 1. The van der Waals surface area contributed by atoms with E-state index in [2.05, 4.69) is 15.3 Å². The average Bonchev–Trinajstić information content (AvgIpc) is 3.05. The van der Waals surface area contributed by atoms with E-state index >= 15 is 0 Å². The Morgan fingerprint density at radius 3 is 2.78 bits per heavy atom. The molecule has 2 amide bonds. The van der Waals surface area contributed by atoms with Crippen molar-refractivity contribution in [2.24, 2.45) is 5.92 Å². The number of carbonyl (C=O) groups is 1. The summed E-state index contributed by atoms with van der Waals surface area (Å²) in [4.78, 5) is 22.6. The van der Waals surface area contributed by atoms with Crippen molar-refractivity contribution in [2.75, 3.05) is 25.0 Å². The number of rotatable bonds is 3. The lowest BCUT2D eigenvalue weighted by Crippen LogP contribution is -2.33. The highest BCUT2D eigenvalue weighted by Gasteiger charge is 2.25. The molecule has 1 atom stereocenters. The van der Waals surface area contributed by atoms with E-state index in [4.69, 9.17) is 5.11 Å². The molecule has 0 aliphatic carbocycles. The maximum absolute atomic E-state index is 12.2. The van der Waals surface area contributed by atoms with E-state index in [9.17, 15) is 4.79 Å². The van der Waals surface area contributed by atoms with E-state index in [1.807, 2.05) is 37.3 Å². The Balaban J connectivity index is 1.65. The van der Waals surface area contributed by atoms with Crippen molar-refractivity contribution in [3.05, 3.63) is 42.2 Å². The minimum absolute atomic E-state index is 0.125. The Morgan fingerprint density at radius 1 is 1.35 bits per heavy atom. The summed E-state index contributed by atoms with van der Waals surface area (Å²) in [5.41, 5.74) is 2.56. The molecule has 1 aliphatic rings. The molecule has 0 saturated carbocycles. The molecule has 0 bridgehead atoms. The third-order valence-electron chi connectivity index (χ3n) is 4.02. The summed E-state index contributed by atoms with van der Waals surface area (Å²) in [7, 11) is 0. The fraction of sp³-hybridized carbons (Fsp3) is 0.353. The van der Waals surface area contributed by atoms with Gasteiger partial charge in [-0.3, -0.25) is 0 Å². The summed E-state index contributed by atoms with van der Waals surface area (Å²) < 4.78 is 0. The standard InChI is InChI=1S/C17H20N4O2/c1-12-6-8-18-16(19-12)14-2-4-15(5-3-14)20-17(23)21-9-7-13(10-21)11-22/h2-6,8,13,22H,7,9-11H2,1H3,(H,20,23). The van der Waals surface area contributed by atoms with Gasteiger partial charge >= 0.3 is 6.03 Å². The first-order chi connectivity index (χ1) is 11.2. The highest BCUT2D eigenvalue weighted by molar-refractivity contribution is 5.89. The van der Waals surface area contributed by atoms with Crippen LogP contribution in [0, 0.1) is 12.8 Å². The molecule has 1 unspecified atom stereocenters. The second kappa shape index (κ2) is 6.75. The van der Waals surface area contributed by atoms with Crippen LogP contribution < -0.4 is 5.32 Å². The van der Waals surface area contributed by atoms with Crippen molar-refractivity contribution in [2.45, 2.75) is 13.3 Å². The molecule has 2 heterocycles. The summed E-state index contributed by atoms with van der Waals surface area (Å²) in [6.45, 7) is 3.36. The van der Waals surface area contributed by atoms with Gasteiger partial charge in [0.25, 0.3) is 0 Å². The van der Waals surface area contributed by atoms with Crippen molar-refractivity contribution in [1.82, 2.24) is 14.9 Å². The molecule has 23 heavy (non-hydrogen) atoms. The fourth-order valence-electron chi connectivity index (χ4n) is 2.66. The maximum atomic E-state index is 12.2. The third kappa shape index (κ3) is 3.65. The molecule has 1 saturated heterocycles. The van der Waals surface area contributed by atoms with Crippen molar-refractivity contribution < 1.29 is 9.90 Å². The highest BCUT2D eigenvalue weighted by Crippen LogP contribution is 2.20. The first-order valence-electron chi connectivity index (χ1n) is 7.72. The van der Waals surface area contributed by atoms with Crippen LogP contribution in [0.4, 0.5) is 10.5 Å². The minimum atomic E-state index is -0.125. The van der Waals surface area contributed by atoms with Crippen molar-refractivity contribution in [1.29, 1.82) is 0 Å². The number of aromatic nitrogens is 2. The van der Waals surface area contributed by atoms with Crippen LogP contribution in [0.25, 0.3) is 11.4 Å². The van der Waals surface area contributed by atoms with Crippen LogP contribution in [0.1, 0.15) is 12.1 Å². The van der Waals surface area contributed by atoms with E-state index in [0.29, 0.717) is 18.9 Å². The Hall–Kier alpha value is -2.47. The molecule has 2 N–H and O–H groups in total. The normalized spacial score (nSPS) is 17.3. The van der Waals surface area contributed by atoms with Crippen LogP contribution in [0.3, 0.4) is 0 Å². The molecular formula is C17H20N4O2. The summed E-state index contributed by atoms with van der Waals surface area (Å²) in [6.07, 6.45) is 2.59. The molecule has 120 valence electrons. The third-order valence-corrected chi connectivity index (χ3v) is 4.02. The van der Waals surface area contributed by atoms with Crippen molar-refractivity contribution >= 4 is 11.7 Å². The molecule has 1 aromatic carbocycles. The number of nitrogens with zero attached hydrogens (tertiary/aromatic N) is 3. The van der Waals surface area contributed by atoms with Crippen LogP contribution in [0.5, 0.6) is 0 Å². The molecule has 0 spiro atoms. The van der Waals surface area contributed by atoms with Gasteiger partial charge in [0.2, 0.25) is 0 Å². The predicted molar refractivity (Wildman–Crippen MR) is 88.0 cm³/mol. The Labute approximate surface area is 135 Å². The smallest absolute Gasteiger partial charge is 0.321 e. The first-order valence-corrected chi connectivity index (χ1v) is 7.72. The van der Waals surface area contributed by atoms with Crippen molar-refractivity contribution in [3.8, 4) is 11.4 Å². The fourth-order valence-corrected chi connectivity index (χ4v) is 2.66. The first kappa shape index (κ1) is 15.4. The molecule has 6 heteroatoms. The molecule has 1 aliphatic heterocycles. The number of likely N-dealkylation sites (tertiary alicyclic amines) is 1. The molecule has 1 fully saturated rings. The van der Waals surface area contributed by atoms with E-state index in [1.54, 1.807) is 11.1 Å². The summed E-state index contributed by atoms with van der Waals surface area (Å²) in [5, 5.41) is 12.0. The number of benzene rings is 1. The van der Waals surface area contributed by atoms with Gasteiger partial charge in [0.1, 0.15) is 0 Å². The van der Waals surface area contributed by atoms with Gasteiger partial charge in [-0.25, -0.2) is 14.8 Å². The van der Waals surface area contributed by atoms with Gasteiger partial charge in [-0.1, -0.05) is 0 Å². The summed E-state index contributed by atoms with van der Waals surface area (Å²) >= 11 is 0. The van der Waals surface area contributed by atoms with Gasteiger partial charge in [-0.05, 0) is 43.7 Å². The van der Waals surface area contributed by atoms with Crippen LogP contribution >= 0.6 is 0 Å². The molecule has 0 radical (unpaired) electrons. The van der Waals surface area contributed by atoms with Crippen molar-refractivity contribution in [3.63, 3.8) is 0 Å². The monoisotopic (exact) mass is 312 g/mol. The SMILES string of the molecule is Cc1ccnc(-c2ccc(NC(=O)N3CCC(CO)C3)cc2)n1. The van der Waals surface area contributed by atoms with Gasteiger partial charge in [-0.2, -0.15) is 0 Å². The Morgan fingerprint density at radius 2 is 2.13 bits per heavy atom. The van der Waals surface area contributed by atoms with Gasteiger partial charge in [0.05, 0.1) is 0 Å². The molecule has 1 aromatic heterocycles. The Kier molecular flexibility index (Phi) is 4.52. The Bertz CT molecular complexity index is 687. The van der Waals surface area contributed by atoms with Gasteiger partial charge < -0.3 is 15.3 Å². The van der Waals surface area contributed by atoms with E-state index < -0.39 is 0 Å². The summed E-state index contributed by atoms with van der Waals surface area (Å²) in [5.74, 6) is 0.870. The topological polar surface area (TPSA) is 78.4 Å². The largest absolute Gasteiger partial charge is 0.396 e. The molecule has 6 nitrogen and oxygen atoms in total. The number of hydrogen-bond donors (Lipinski definition) is 2. The van der Waals surface area contributed by atoms with Gasteiger partial charge in [0.15, 0.2) is 5.82 Å². The second-order valence-corrected chi connectivity index (χ2v) is 5.81. The quantitative estimate of drug-likeness (QED) is 0.911. The lowest BCUT2D eigenvalue weighted by Gasteiger charge is -2.17. The second-order valence-electron chi connectivity index (χ2n) is 5.81. The molecular weight excluding hydrogens is 292 g/mol. The van der Waals surface area contributed by atoms with Crippen LogP contribution in [0.2, 0.25) is 0 Å². The average molecular weight is 312 g/mol. The zero-order valence-corrected chi connectivity index (χ0v) is 13.1. The van der Waals surface area contributed by atoms with Gasteiger partial charge in [0, 0.05) is 48.8 Å². The van der Waals surface area contributed by atoms with E-state index in [-0.39, 0.29) is 18.6 Å². The minimum Gasteiger partial charge on any atom is -0.396 e. The lowest BCUT2D eigenvalue weighted by molar-refractivity contribution is 0.209. The number of urea groups is 1. The molecule has 2 aromatic rings. The lowest BCUT2D eigenvalue weighted by atomic mass is 10.1. The van der Waals surface area contributed by atoms with E-state index in [1.165, 1.54) is 0 Å². The van der Waals surface area contributed by atoms with Gasteiger partial charge in [-0.15, -0.1) is 0 Å². The maximum Gasteiger partial charge on any atom is 0.321 e. The van der Waals surface area contributed by atoms with Crippen LogP contribution in [-0.4, -0.2) is 45.7 Å². The zero-order chi connectivity index (χ0) is 16.2. The number of carbonyl (C=O) groups excluding carboxylic acids is 1. The number of nitrogens with one attached hydrogen (secondary N) is 1. The highest BCUT2D eigenvalue weighted by atomic mass is 16.3. The molecule has 3 rings (SSSR count). The number of aliphatic hydroxyl groups excluding tert-OH is 1. The van der Waals surface area contributed by atoms with E-state index in [0.717, 1.165) is 23.4 Å². The number of amides is 2. The summed E-state index contributed by atoms with van der Waals surface area (Å²) in [6, 6.07) is 9.21. The van der Waals surface area contributed by atoms with Crippen LogP contribution in [-0.2, 0) is 0 Å². The predicted octanol–water partition coefficient (Wildman–Crippen LogP) is 2.30. The van der Waals surface area contributed by atoms with Crippen LogP contribution in [0.15, 0.2) is 36.5 Å². The zero-order valence-electron chi connectivity index (χ0n) is 13.1. The number of hydrogen-bond acceptors (Lipinski definition) is 4. The number of aliphatic hydroxyl groups is 1.